The second-order valence-corrected chi connectivity index (χ2v) is 3.95. The molecule has 2 aromatic rings. The Labute approximate surface area is 114 Å². The number of benzene rings is 1. The van der Waals surface area contributed by atoms with E-state index in [0.29, 0.717) is 5.39 Å². The molecule has 0 radical (unpaired) electrons. The third kappa shape index (κ3) is 3.11. The number of ether oxygens (including phenoxy) is 1. The highest BCUT2D eigenvalue weighted by atomic mass is 16.5. The van der Waals surface area contributed by atoms with E-state index in [0.717, 1.165) is 5.52 Å². The van der Waals surface area contributed by atoms with Gasteiger partial charge in [0.25, 0.3) is 5.91 Å². The van der Waals surface area contributed by atoms with Gasteiger partial charge >= 0.3 is 5.97 Å². The Morgan fingerprint density at radius 2 is 2.20 bits per heavy atom. The number of esters is 1. The molecule has 102 valence electrons. The molecule has 0 bridgehead atoms. The number of nitriles is 1. The first-order valence-corrected chi connectivity index (χ1v) is 5.96. The van der Waals surface area contributed by atoms with Crippen LogP contribution in [0.2, 0.25) is 0 Å². The molecule has 0 atom stereocenters. The molecule has 20 heavy (non-hydrogen) atoms. The van der Waals surface area contributed by atoms with Gasteiger partial charge < -0.3 is 10.1 Å². The summed E-state index contributed by atoms with van der Waals surface area (Å²) in [4.78, 5) is 23.1. The molecule has 0 saturated heterocycles. The van der Waals surface area contributed by atoms with Crippen LogP contribution in [-0.2, 0) is 9.53 Å². The van der Waals surface area contributed by atoms with Gasteiger partial charge in [0.2, 0.25) is 0 Å². The van der Waals surface area contributed by atoms with E-state index >= 15 is 0 Å². The van der Waals surface area contributed by atoms with Crippen LogP contribution in [0, 0.1) is 11.3 Å². The average Bonchev–Trinajstić information content (AvgIpc) is 2.89. The van der Waals surface area contributed by atoms with E-state index in [1.807, 2.05) is 12.1 Å². The molecule has 1 aromatic heterocycles. The molecule has 1 aromatic carbocycles. The maximum absolute atomic E-state index is 11.8. The summed E-state index contributed by atoms with van der Waals surface area (Å²) in [5.74, 6) is -1.12. The van der Waals surface area contributed by atoms with Gasteiger partial charge in [0.05, 0.1) is 18.0 Å². The zero-order valence-electron chi connectivity index (χ0n) is 10.5. The SMILES string of the molecule is N#CCCNC(=O)COC(=O)c1n[nH]c2ccccc12. The Balaban J connectivity index is 1.92. The molecule has 0 aliphatic carbocycles. The van der Waals surface area contributed by atoms with Crippen LogP contribution in [0.4, 0.5) is 0 Å². The van der Waals surface area contributed by atoms with Crippen molar-refractivity contribution in [2.45, 2.75) is 6.42 Å². The van der Waals surface area contributed by atoms with Crippen molar-refractivity contribution in [1.82, 2.24) is 15.5 Å². The second kappa shape index (κ2) is 6.33. The van der Waals surface area contributed by atoms with Gasteiger partial charge in [-0.15, -0.1) is 0 Å². The molecule has 0 aliphatic heterocycles. The molecule has 7 heteroatoms. The number of amides is 1. The Morgan fingerprint density at radius 3 is 3.00 bits per heavy atom. The van der Waals surface area contributed by atoms with Crippen molar-refractivity contribution in [1.29, 1.82) is 5.26 Å². The van der Waals surface area contributed by atoms with E-state index in [1.165, 1.54) is 0 Å². The molecule has 0 saturated carbocycles. The van der Waals surface area contributed by atoms with E-state index in [-0.39, 0.29) is 18.7 Å². The average molecular weight is 272 g/mol. The van der Waals surface area contributed by atoms with Crippen LogP contribution in [0.25, 0.3) is 10.9 Å². The van der Waals surface area contributed by atoms with E-state index in [4.69, 9.17) is 10.00 Å². The number of H-pyrrole nitrogens is 1. The van der Waals surface area contributed by atoms with Crippen molar-refractivity contribution < 1.29 is 14.3 Å². The predicted molar refractivity (Wildman–Crippen MR) is 69.6 cm³/mol. The van der Waals surface area contributed by atoms with Crippen LogP contribution in [0.15, 0.2) is 24.3 Å². The standard InChI is InChI=1S/C13H12N4O3/c14-6-3-7-15-11(18)8-20-13(19)12-9-4-1-2-5-10(9)16-17-12/h1-2,4-5H,3,7-8H2,(H,15,18)(H,16,17). The van der Waals surface area contributed by atoms with Gasteiger partial charge in [-0.2, -0.15) is 10.4 Å². The Bertz CT molecular complexity index is 672. The smallest absolute Gasteiger partial charge is 0.359 e. The fourth-order valence-corrected chi connectivity index (χ4v) is 1.63. The lowest BCUT2D eigenvalue weighted by molar-refractivity contribution is -0.124. The molecule has 0 unspecified atom stereocenters. The summed E-state index contributed by atoms with van der Waals surface area (Å²) in [7, 11) is 0. The highest BCUT2D eigenvalue weighted by molar-refractivity contribution is 6.02. The van der Waals surface area contributed by atoms with Crippen molar-refractivity contribution in [2.75, 3.05) is 13.2 Å². The Kier molecular flexibility index (Phi) is 4.29. The zero-order valence-corrected chi connectivity index (χ0v) is 10.5. The fraction of sp³-hybridized carbons (Fsp3) is 0.231. The van der Waals surface area contributed by atoms with Crippen molar-refractivity contribution in [2.24, 2.45) is 0 Å². The van der Waals surface area contributed by atoms with Crippen molar-refractivity contribution in [3.8, 4) is 6.07 Å². The zero-order chi connectivity index (χ0) is 14.4. The first-order valence-electron chi connectivity index (χ1n) is 5.96. The quantitative estimate of drug-likeness (QED) is 0.616. The van der Waals surface area contributed by atoms with Crippen molar-refractivity contribution in [3.05, 3.63) is 30.0 Å². The lowest BCUT2D eigenvalue weighted by atomic mass is 10.2. The van der Waals surface area contributed by atoms with Gasteiger partial charge in [-0.3, -0.25) is 9.89 Å². The maximum atomic E-state index is 11.8. The Hall–Kier alpha value is -2.88. The van der Waals surface area contributed by atoms with Crippen LogP contribution in [0.1, 0.15) is 16.9 Å². The third-order valence-electron chi connectivity index (χ3n) is 2.56. The number of fused-ring (bicyclic) bond motifs is 1. The fourth-order valence-electron chi connectivity index (χ4n) is 1.63. The van der Waals surface area contributed by atoms with E-state index in [2.05, 4.69) is 15.5 Å². The van der Waals surface area contributed by atoms with Crippen LogP contribution < -0.4 is 5.32 Å². The number of para-hydroxylation sites is 1. The molecular weight excluding hydrogens is 260 g/mol. The van der Waals surface area contributed by atoms with Crippen molar-refractivity contribution >= 4 is 22.8 Å². The van der Waals surface area contributed by atoms with Gasteiger partial charge in [0.1, 0.15) is 0 Å². The molecule has 0 aliphatic rings. The van der Waals surface area contributed by atoms with Crippen LogP contribution in [0.5, 0.6) is 0 Å². The summed E-state index contributed by atoms with van der Waals surface area (Å²) in [6.07, 6.45) is 0.212. The van der Waals surface area contributed by atoms with Gasteiger partial charge in [0, 0.05) is 11.9 Å². The number of rotatable bonds is 5. The van der Waals surface area contributed by atoms with Gasteiger partial charge in [-0.05, 0) is 6.07 Å². The summed E-state index contributed by atoms with van der Waals surface area (Å²) in [6, 6.07) is 9.02. The second-order valence-electron chi connectivity index (χ2n) is 3.95. The topological polar surface area (TPSA) is 108 Å². The molecule has 0 spiro atoms. The summed E-state index contributed by atoms with van der Waals surface area (Å²) >= 11 is 0. The molecule has 7 nitrogen and oxygen atoms in total. The van der Waals surface area contributed by atoms with E-state index in [9.17, 15) is 9.59 Å². The number of nitrogens with zero attached hydrogens (tertiary/aromatic N) is 2. The number of aromatic amines is 1. The minimum Gasteiger partial charge on any atom is -0.451 e. The molecule has 1 amide bonds. The Morgan fingerprint density at radius 1 is 1.40 bits per heavy atom. The maximum Gasteiger partial charge on any atom is 0.359 e. The lowest BCUT2D eigenvalue weighted by Crippen LogP contribution is -2.29. The lowest BCUT2D eigenvalue weighted by Gasteiger charge is -2.03. The number of hydrogen-bond donors (Lipinski definition) is 2. The molecular formula is C13H12N4O3. The number of nitrogens with one attached hydrogen (secondary N) is 2. The highest BCUT2D eigenvalue weighted by Crippen LogP contribution is 2.15. The predicted octanol–water partition coefficient (Wildman–Crippen LogP) is 0.750. The van der Waals surface area contributed by atoms with Crippen LogP contribution in [-0.4, -0.2) is 35.2 Å². The van der Waals surface area contributed by atoms with Crippen LogP contribution >= 0.6 is 0 Å². The number of carbonyl (C=O) groups is 2. The third-order valence-corrected chi connectivity index (χ3v) is 2.56. The summed E-state index contributed by atoms with van der Waals surface area (Å²) in [5, 5.41) is 18.0. The number of carbonyl (C=O) groups excluding carboxylic acids is 2. The number of aromatic nitrogens is 2. The van der Waals surface area contributed by atoms with E-state index in [1.54, 1.807) is 18.2 Å². The molecule has 1 heterocycles. The highest BCUT2D eigenvalue weighted by Gasteiger charge is 2.16. The largest absolute Gasteiger partial charge is 0.451 e. The monoisotopic (exact) mass is 272 g/mol. The summed E-state index contributed by atoms with van der Waals surface area (Å²) < 4.78 is 4.87. The molecule has 2 rings (SSSR count). The summed E-state index contributed by atoms with van der Waals surface area (Å²) in [5.41, 5.74) is 0.864. The minimum atomic E-state index is -0.669. The van der Waals surface area contributed by atoms with Gasteiger partial charge in [-0.1, -0.05) is 18.2 Å². The van der Waals surface area contributed by atoms with Crippen molar-refractivity contribution in [3.63, 3.8) is 0 Å². The first-order chi connectivity index (χ1) is 9.72. The molecule has 2 N–H and O–H groups in total. The normalized spacial score (nSPS) is 9.95. The van der Waals surface area contributed by atoms with Crippen LogP contribution in [0.3, 0.4) is 0 Å². The van der Waals surface area contributed by atoms with E-state index < -0.39 is 18.5 Å². The van der Waals surface area contributed by atoms with Gasteiger partial charge in [0.15, 0.2) is 12.3 Å². The summed E-state index contributed by atoms with van der Waals surface area (Å²) in [6.45, 7) is -0.163. The number of hydrogen-bond acceptors (Lipinski definition) is 5. The minimum absolute atomic E-state index is 0.144. The van der Waals surface area contributed by atoms with Gasteiger partial charge in [-0.25, -0.2) is 4.79 Å². The first kappa shape index (κ1) is 13.5. The molecule has 0 fully saturated rings.